The lowest BCUT2D eigenvalue weighted by Crippen LogP contribution is -2.37. The Balaban J connectivity index is 2.44. The van der Waals surface area contributed by atoms with E-state index in [9.17, 15) is 9.50 Å². The van der Waals surface area contributed by atoms with Gasteiger partial charge in [-0.15, -0.1) is 0 Å². The van der Waals surface area contributed by atoms with E-state index in [1.807, 2.05) is 6.92 Å². The van der Waals surface area contributed by atoms with Crippen LogP contribution in [0.15, 0.2) is 22.7 Å². The number of hydrogen-bond acceptors (Lipinski definition) is 1. The van der Waals surface area contributed by atoms with Crippen LogP contribution in [-0.4, -0.2) is 5.11 Å². The van der Waals surface area contributed by atoms with Gasteiger partial charge in [-0.2, -0.15) is 0 Å². The molecule has 1 aliphatic carbocycles. The maximum atomic E-state index is 13.8. The van der Waals surface area contributed by atoms with Gasteiger partial charge in [-0.1, -0.05) is 35.7 Å². The van der Waals surface area contributed by atoms with Crippen molar-refractivity contribution in [3.05, 3.63) is 34.1 Å². The molecule has 0 heterocycles. The topological polar surface area (TPSA) is 20.2 Å². The molecule has 1 aromatic carbocycles. The fourth-order valence-corrected chi connectivity index (χ4v) is 2.92. The highest BCUT2D eigenvalue weighted by Gasteiger charge is 2.39. The second kappa shape index (κ2) is 4.46. The lowest BCUT2D eigenvalue weighted by molar-refractivity contribution is -0.0496. The predicted octanol–water partition coefficient (Wildman–Crippen LogP) is 3.99. The van der Waals surface area contributed by atoms with Crippen LogP contribution in [0, 0.1) is 11.7 Å². The molecule has 0 aliphatic heterocycles. The molecule has 0 radical (unpaired) electrons. The van der Waals surface area contributed by atoms with Crippen LogP contribution in [-0.2, 0) is 5.60 Å². The van der Waals surface area contributed by atoms with E-state index >= 15 is 0 Å². The molecular formula is C13H16BrFO. The van der Waals surface area contributed by atoms with E-state index in [0.29, 0.717) is 12.0 Å². The average Bonchev–Trinajstić information content (AvgIpc) is 2.26. The Morgan fingerprint density at radius 2 is 2.19 bits per heavy atom. The van der Waals surface area contributed by atoms with Crippen LogP contribution in [0.3, 0.4) is 0 Å². The highest BCUT2D eigenvalue weighted by Crippen LogP contribution is 2.42. The first-order valence-corrected chi connectivity index (χ1v) is 6.51. The van der Waals surface area contributed by atoms with Gasteiger partial charge in [0.25, 0.3) is 0 Å². The molecule has 1 fully saturated rings. The van der Waals surface area contributed by atoms with Crippen molar-refractivity contribution in [1.82, 2.24) is 0 Å². The molecule has 2 rings (SSSR count). The van der Waals surface area contributed by atoms with Gasteiger partial charge in [-0.3, -0.25) is 0 Å². The summed E-state index contributed by atoms with van der Waals surface area (Å²) < 4.78 is 14.6. The lowest BCUT2D eigenvalue weighted by atomic mass is 9.72. The zero-order valence-electron chi connectivity index (χ0n) is 9.34. The van der Waals surface area contributed by atoms with Gasteiger partial charge in [0, 0.05) is 10.0 Å². The quantitative estimate of drug-likeness (QED) is 0.828. The van der Waals surface area contributed by atoms with Crippen molar-refractivity contribution >= 4 is 15.9 Å². The third-order valence-corrected chi connectivity index (χ3v) is 4.15. The van der Waals surface area contributed by atoms with Crippen molar-refractivity contribution in [3.8, 4) is 0 Å². The van der Waals surface area contributed by atoms with Crippen LogP contribution in [0.1, 0.15) is 38.2 Å². The summed E-state index contributed by atoms with van der Waals surface area (Å²) in [6, 6.07) is 4.78. The maximum Gasteiger partial charge on any atom is 0.129 e. The molecule has 0 saturated heterocycles. The first-order chi connectivity index (χ1) is 7.54. The maximum absolute atomic E-state index is 13.8. The summed E-state index contributed by atoms with van der Waals surface area (Å²) in [7, 11) is 0. The molecular weight excluding hydrogens is 271 g/mol. The molecule has 0 aromatic heterocycles. The molecule has 1 aliphatic rings. The van der Waals surface area contributed by atoms with Crippen LogP contribution >= 0.6 is 15.9 Å². The van der Waals surface area contributed by atoms with Gasteiger partial charge in [-0.25, -0.2) is 4.39 Å². The fourth-order valence-electron chi connectivity index (χ4n) is 2.56. The average molecular weight is 287 g/mol. The van der Waals surface area contributed by atoms with Gasteiger partial charge in [0.15, 0.2) is 0 Å². The zero-order chi connectivity index (χ0) is 11.8. The minimum absolute atomic E-state index is 0.116. The Labute approximate surface area is 104 Å². The molecule has 16 heavy (non-hydrogen) atoms. The minimum atomic E-state index is -0.994. The molecule has 1 nitrogen and oxygen atoms in total. The second-order valence-corrected chi connectivity index (χ2v) is 5.61. The Kier molecular flexibility index (Phi) is 3.36. The molecule has 0 bridgehead atoms. The van der Waals surface area contributed by atoms with E-state index in [1.165, 1.54) is 6.07 Å². The summed E-state index contributed by atoms with van der Waals surface area (Å²) in [5.74, 6) is -0.190. The van der Waals surface area contributed by atoms with Gasteiger partial charge in [0.05, 0.1) is 5.60 Å². The van der Waals surface area contributed by atoms with Crippen LogP contribution in [0.2, 0.25) is 0 Å². The molecule has 2 atom stereocenters. The van der Waals surface area contributed by atoms with E-state index in [4.69, 9.17) is 0 Å². The highest BCUT2D eigenvalue weighted by atomic mass is 79.9. The monoisotopic (exact) mass is 286 g/mol. The summed E-state index contributed by atoms with van der Waals surface area (Å²) in [5.41, 5.74) is -0.555. The zero-order valence-corrected chi connectivity index (χ0v) is 10.9. The van der Waals surface area contributed by atoms with Gasteiger partial charge in [0.1, 0.15) is 5.82 Å². The standard InChI is InChI=1S/C13H16BrFO/c1-9-4-2-3-7-13(9,16)11-8-10(14)5-6-12(11)15/h5-6,8-9,16H,2-4,7H2,1H3. The van der Waals surface area contributed by atoms with Gasteiger partial charge in [-0.05, 0) is 37.0 Å². The van der Waals surface area contributed by atoms with Crippen LogP contribution in [0.4, 0.5) is 4.39 Å². The van der Waals surface area contributed by atoms with E-state index < -0.39 is 5.60 Å². The third-order valence-electron chi connectivity index (χ3n) is 3.66. The van der Waals surface area contributed by atoms with Crippen molar-refractivity contribution in [1.29, 1.82) is 0 Å². The highest BCUT2D eigenvalue weighted by molar-refractivity contribution is 9.10. The molecule has 1 saturated carbocycles. The van der Waals surface area contributed by atoms with E-state index in [-0.39, 0.29) is 11.7 Å². The van der Waals surface area contributed by atoms with E-state index in [1.54, 1.807) is 12.1 Å². The Morgan fingerprint density at radius 1 is 1.44 bits per heavy atom. The molecule has 88 valence electrons. The van der Waals surface area contributed by atoms with Gasteiger partial charge in [0.2, 0.25) is 0 Å². The summed E-state index contributed by atoms with van der Waals surface area (Å²) in [6.07, 6.45) is 3.70. The van der Waals surface area contributed by atoms with Crippen molar-refractivity contribution < 1.29 is 9.50 Å². The molecule has 3 heteroatoms. The number of rotatable bonds is 1. The summed E-state index contributed by atoms with van der Waals surface area (Å²) in [6.45, 7) is 2.00. The van der Waals surface area contributed by atoms with Crippen molar-refractivity contribution in [2.75, 3.05) is 0 Å². The Morgan fingerprint density at radius 3 is 2.88 bits per heavy atom. The second-order valence-electron chi connectivity index (χ2n) is 4.70. The number of halogens is 2. The number of aliphatic hydroxyl groups is 1. The van der Waals surface area contributed by atoms with Crippen molar-refractivity contribution in [3.63, 3.8) is 0 Å². The SMILES string of the molecule is CC1CCCCC1(O)c1cc(Br)ccc1F. The molecule has 1 aromatic rings. The number of benzene rings is 1. The van der Waals surface area contributed by atoms with Gasteiger partial charge < -0.3 is 5.11 Å². The summed E-state index contributed by atoms with van der Waals surface area (Å²) >= 11 is 3.33. The summed E-state index contributed by atoms with van der Waals surface area (Å²) in [4.78, 5) is 0. The largest absolute Gasteiger partial charge is 0.385 e. The summed E-state index contributed by atoms with van der Waals surface area (Å²) in [5, 5.41) is 10.7. The smallest absolute Gasteiger partial charge is 0.129 e. The lowest BCUT2D eigenvalue weighted by Gasteiger charge is -2.38. The van der Waals surface area contributed by atoms with Crippen LogP contribution < -0.4 is 0 Å². The van der Waals surface area contributed by atoms with Crippen LogP contribution in [0.5, 0.6) is 0 Å². The Bertz CT molecular complexity index is 394. The normalized spacial score (nSPS) is 30.4. The fraction of sp³-hybridized carbons (Fsp3) is 0.538. The first kappa shape index (κ1) is 12.1. The minimum Gasteiger partial charge on any atom is -0.385 e. The number of hydrogen-bond donors (Lipinski definition) is 1. The third kappa shape index (κ3) is 2.03. The van der Waals surface area contributed by atoms with Crippen LogP contribution in [0.25, 0.3) is 0 Å². The molecule has 1 N–H and O–H groups in total. The predicted molar refractivity (Wildman–Crippen MR) is 65.6 cm³/mol. The first-order valence-electron chi connectivity index (χ1n) is 5.72. The Hall–Kier alpha value is -0.410. The molecule has 0 spiro atoms. The van der Waals surface area contributed by atoms with Gasteiger partial charge >= 0.3 is 0 Å². The van der Waals surface area contributed by atoms with E-state index in [0.717, 1.165) is 23.7 Å². The molecule has 0 amide bonds. The van der Waals surface area contributed by atoms with Crippen molar-refractivity contribution in [2.45, 2.75) is 38.2 Å². The van der Waals surface area contributed by atoms with Crippen molar-refractivity contribution in [2.24, 2.45) is 5.92 Å². The molecule has 2 unspecified atom stereocenters. The van der Waals surface area contributed by atoms with E-state index in [2.05, 4.69) is 15.9 Å².